The van der Waals surface area contributed by atoms with Gasteiger partial charge in [0.2, 0.25) is 0 Å². The minimum atomic E-state index is -0.855. The van der Waals surface area contributed by atoms with Crippen molar-refractivity contribution in [3.63, 3.8) is 0 Å². The lowest BCUT2D eigenvalue weighted by molar-refractivity contribution is 0.207. The van der Waals surface area contributed by atoms with Crippen LogP contribution in [0.4, 0.5) is 38.5 Å². The zero-order valence-electron chi connectivity index (χ0n) is 26.9. The number of amides is 4. The van der Waals surface area contributed by atoms with Crippen LogP contribution in [-0.2, 0) is 13.1 Å². The quantitative estimate of drug-likeness (QED) is 0.107. The van der Waals surface area contributed by atoms with Crippen molar-refractivity contribution in [2.75, 3.05) is 23.7 Å². The molecule has 0 aliphatic rings. The van der Waals surface area contributed by atoms with E-state index in [-0.39, 0.29) is 24.5 Å². The van der Waals surface area contributed by atoms with Crippen LogP contribution in [0.5, 0.6) is 0 Å². The largest absolute Gasteiger partial charge is 0.322 e. The molecule has 0 fully saturated rings. The second kappa shape index (κ2) is 19.4. The molecule has 250 valence electrons. The lowest BCUT2D eigenvalue weighted by Gasteiger charge is -2.25. The highest BCUT2D eigenvalue weighted by Gasteiger charge is 2.19. The first-order valence-electron chi connectivity index (χ1n) is 16.3. The lowest BCUT2D eigenvalue weighted by Crippen LogP contribution is -2.36. The van der Waals surface area contributed by atoms with E-state index in [9.17, 15) is 27.2 Å². The summed E-state index contributed by atoms with van der Waals surface area (Å²) in [6.45, 7) is 5.61. The van der Waals surface area contributed by atoms with Gasteiger partial charge in [-0.3, -0.25) is 0 Å². The molecule has 0 saturated carbocycles. The Morgan fingerprint density at radius 2 is 0.978 bits per heavy atom. The third kappa shape index (κ3) is 12.4. The first kappa shape index (κ1) is 36.4. The summed E-state index contributed by atoms with van der Waals surface area (Å²) in [6, 6.07) is 12.5. The van der Waals surface area contributed by atoms with Gasteiger partial charge in [0.1, 0.15) is 23.3 Å². The highest BCUT2D eigenvalue weighted by Crippen LogP contribution is 2.20. The number of rotatable bonds is 18. The van der Waals surface area contributed by atoms with E-state index < -0.39 is 35.3 Å². The molecule has 2 N–H and O–H groups in total. The van der Waals surface area contributed by atoms with Crippen LogP contribution >= 0.6 is 0 Å². The zero-order valence-corrected chi connectivity index (χ0v) is 26.9. The first-order chi connectivity index (χ1) is 22.2. The Morgan fingerprint density at radius 3 is 1.37 bits per heavy atom. The van der Waals surface area contributed by atoms with Crippen molar-refractivity contribution in [2.45, 2.75) is 91.1 Å². The molecular formula is C36H46F4N4O2. The van der Waals surface area contributed by atoms with Crippen LogP contribution < -0.4 is 10.6 Å². The summed E-state index contributed by atoms with van der Waals surface area (Å²) in [4.78, 5) is 29.8. The second-order valence-electron chi connectivity index (χ2n) is 11.6. The van der Waals surface area contributed by atoms with E-state index >= 15 is 0 Å². The minimum absolute atomic E-state index is 0.102. The third-order valence-corrected chi connectivity index (χ3v) is 7.72. The minimum Gasteiger partial charge on any atom is -0.320 e. The monoisotopic (exact) mass is 642 g/mol. The maximum Gasteiger partial charge on any atom is 0.322 e. The van der Waals surface area contributed by atoms with Crippen LogP contribution in [-0.4, -0.2) is 35.0 Å². The molecule has 46 heavy (non-hydrogen) atoms. The Morgan fingerprint density at radius 1 is 0.565 bits per heavy atom. The standard InChI is InChI=1S/C36H46F4N4O2/c1-3-5-7-9-11-20-43(35(45)41-33-18-16-29(37)23-31(33)39)25-27-14-13-15-28(22-27)26-44(21-12-10-8-6-4-2)36(46)42-34-19-17-30(38)24-32(34)40/h13-19,22-24H,3-12,20-21,25-26H2,1-2H3,(H,41,45)(H,42,46). The number of nitrogens with zero attached hydrogens (tertiary/aromatic N) is 2. The van der Waals surface area contributed by atoms with Crippen LogP contribution in [0.25, 0.3) is 0 Å². The number of carbonyl (C=O) groups is 2. The van der Waals surface area contributed by atoms with Crippen molar-refractivity contribution in [1.82, 2.24) is 9.80 Å². The van der Waals surface area contributed by atoms with Gasteiger partial charge in [-0.1, -0.05) is 89.5 Å². The van der Waals surface area contributed by atoms with Gasteiger partial charge in [-0.2, -0.15) is 0 Å². The molecular weight excluding hydrogens is 596 g/mol. The van der Waals surface area contributed by atoms with Gasteiger partial charge in [0.15, 0.2) is 0 Å². The molecule has 0 radical (unpaired) electrons. The molecule has 0 bridgehead atoms. The molecule has 10 heteroatoms. The highest BCUT2D eigenvalue weighted by atomic mass is 19.1. The number of hydrogen-bond acceptors (Lipinski definition) is 2. The Balaban J connectivity index is 1.75. The highest BCUT2D eigenvalue weighted by molar-refractivity contribution is 5.90. The molecule has 6 nitrogen and oxygen atoms in total. The average molecular weight is 643 g/mol. The van der Waals surface area contributed by atoms with Crippen LogP contribution in [0.15, 0.2) is 60.7 Å². The molecule has 0 aromatic heterocycles. The van der Waals surface area contributed by atoms with E-state index in [0.29, 0.717) is 13.1 Å². The summed E-state index contributed by atoms with van der Waals surface area (Å²) in [5.74, 6) is -3.17. The fourth-order valence-electron chi connectivity index (χ4n) is 5.15. The summed E-state index contributed by atoms with van der Waals surface area (Å²) >= 11 is 0. The molecule has 0 spiro atoms. The number of carbonyl (C=O) groups excluding carboxylic acids is 2. The fraction of sp³-hybridized carbons (Fsp3) is 0.444. The second-order valence-corrected chi connectivity index (χ2v) is 11.6. The van der Waals surface area contributed by atoms with Gasteiger partial charge >= 0.3 is 12.1 Å². The Labute approximate surface area is 270 Å². The normalized spacial score (nSPS) is 10.9. The molecule has 0 heterocycles. The van der Waals surface area contributed by atoms with Crippen LogP contribution in [0, 0.1) is 23.3 Å². The SMILES string of the molecule is CCCCCCCN(Cc1cccc(CN(CCCCCCC)C(=O)Nc2ccc(F)cc2F)c1)C(=O)Nc1ccc(F)cc1F. The van der Waals surface area contributed by atoms with E-state index in [1.807, 2.05) is 24.3 Å². The summed E-state index contributed by atoms with van der Waals surface area (Å²) in [7, 11) is 0. The molecule has 4 amide bonds. The fourth-order valence-corrected chi connectivity index (χ4v) is 5.15. The van der Waals surface area contributed by atoms with Gasteiger partial charge in [-0.15, -0.1) is 0 Å². The number of anilines is 2. The number of unbranched alkanes of at least 4 members (excludes halogenated alkanes) is 8. The van der Waals surface area contributed by atoms with Gasteiger partial charge in [-0.25, -0.2) is 27.2 Å². The van der Waals surface area contributed by atoms with E-state index in [2.05, 4.69) is 24.5 Å². The maximum absolute atomic E-state index is 14.3. The Kier molecular flexibility index (Phi) is 15.4. The van der Waals surface area contributed by atoms with E-state index in [0.717, 1.165) is 99.6 Å². The number of urea groups is 2. The van der Waals surface area contributed by atoms with Crippen LogP contribution in [0.1, 0.15) is 89.2 Å². The molecule has 3 aromatic rings. The van der Waals surface area contributed by atoms with Crippen LogP contribution in [0.3, 0.4) is 0 Å². The van der Waals surface area contributed by atoms with Crippen molar-refractivity contribution >= 4 is 23.4 Å². The molecule has 0 aliphatic carbocycles. The van der Waals surface area contributed by atoms with Gasteiger partial charge in [0.05, 0.1) is 11.4 Å². The predicted molar refractivity (Wildman–Crippen MR) is 176 cm³/mol. The molecule has 0 saturated heterocycles. The summed E-state index contributed by atoms with van der Waals surface area (Å²) in [5.41, 5.74) is 1.42. The number of nitrogens with one attached hydrogen (secondary N) is 2. The van der Waals surface area contributed by atoms with Crippen molar-refractivity contribution in [3.05, 3.63) is 95.1 Å². The van der Waals surface area contributed by atoms with Crippen LogP contribution in [0.2, 0.25) is 0 Å². The topological polar surface area (TPSA) is 64.7 Å². The van der Waals surface area contributed by atoms with Crippen molar-refractivity contribution in [2.24, 2.45) is 0 Å². The average Bonchev–Trinajstić information content (AvgIpc) is 3.02. The molecule has 0 unspecified atom stereocenters. The molecule has 3 rings (SSSR count). The van der Waals surface area contributed by atoms with Gasteiger partial charge in [0, 0.05) is 38.3 Å². The summed E-state index contributed by atoms with van der Waals surface area (Å²) < 4.78 is 55.5. The van der Waals surface area contributed by atoms with Crippen molar-refractivity contribution in [3.8, 4) is 0 Å². The third-order valence-electron chi connectivity index (χ3n) is 7.72. The van der Waals surface area contributed by atoms with E-state index in [1.54, 1.807) is 9.80 Å². The molecule has 0 atom stereocenters. The number of halogens is 4. The number of benzene rings is 3. The van der Waals surface area contributed by atoms with Gasteiger partial charge < -0.3 is 20.4 Å². The van der Waals surface area contributed by atoms with E-state index in [1.165, 1.54) is 12.1 Å². The van der Waals surface area contributed by atoms with Crippen molar-refractivity contribution in [1.29, 1.82) is 0 Å². The zero-order chi connectivity index (χ0) is 33.3. The first-order valence-corrected chi connectivity index (χ1v) is 16.3. The lowest BCUT2D eigenvalue weighted by atomic mass is 10.1. The molecule has 3 aromatic carbocycles. The van der Waals surface area contributed by atoms with Gasteiger partial charge in [-0.05, 0) is 48.2 Å². The molecule has 0 aliphatic heterocycles. The summed E-state index contributed by atoms with van der Waals surface area (Å²) in [5, 5.41) is 5.14. The number of hydrogen-bond donors (Lipinski definition) is 2. The summed E-state index contributed by atoms with van der Waals surface area (Å²) in [6.07, 6.45) is 9.91. The van der Waals surface area contributed by atoms with E-state index in [4.69, 9.17) is 0 Å². The van der Waals surface area contributed by atoms with Crippen molar-refractivity contribution < 1.29 is 27.2 Å². The maximum atomic E-state index is 14.3. The Bertz CT molecular complexity index is 1300. The predicted octanol–water partition coefficient (Wildman–Crippen LogP) is 10.3. The smallest absolute Gasteiger partial charge is 0.320 e. The Hall–Kier alpha value is -4.08. The van der Waals surface area contributed by atoms with Gasteiger partial charge in [0.25, 0.3) is 0 Å².